The van der Waals surface area contributed by atoms with E-state index in [9.17, 15) is 4.79 Å². The number of nitrogens with zero attached hydrogens (tertiary/aromatic N) is 2. The Morgan fingerprint density at radius 3 is 2.45 bits per heavy atom. The smallest absolute Gasteiger partial charge is 0.253 e. The van der Waals surface area contributed by atoms with E-state index in [2.05, 4.69) is 35.8 Å². The minimum Gasteiger partial charge on any atom is -0.345 e. The number of hydrogen-bond donors (Lipinski definition) is 0. The number of rotatable bonds is 2. The fraction of sp³-hybridized carbons (Fsp3) is 0.235. The second-order valence-corrected chi connectivity index (χ2v) is 5.19. The highest BCUT2D eigenvalue weighted by molar-refractivity contribution is 6.10. The van der Waals surface area contributed by atoms with Crippen LogP contribution in [0.5, 0.6) is 0 Å². The second-order valence-electron chi connectivity index (χ2n) is 5.19. The van der Waals surface area contributed by atoms with Gasteiger partial charge in [0.15, 0.2) is 0 Å². The van der Waals surface area contributed by atoms with Gasteiger partial charge >= 0.3 is 0 Å². The lowest BCUT2D eigenvalue weighted by Gasteiger charge is -2.10. The number of hydrogen-bond acceptors (Lipinski definition) is 1. The van der Waals surface area contributed by atoms with Crippen LogP contribution < -0.4 is 0 Å². The molecule has 3 rings (SSSR count). The molecule has 0 radical (unpaired) electrons. The molecule has 1 heterocycles. The van der Waals surface area contributed by atoms with E-state index in [0.29, 0.717) is 0 Å². The first kappa shape index (κ1) is 12.7. The van der Waals surface area contributed by atoms with Crippen LogP contribution in [-0.2, 0) is 6.54 Å². The number of benzene rings is 2. The van der Waals surface area contributed by atoms with E-state index < -0.39 is 0 Å². The number of aryl methyl sites for hydroxylation is 1. The van der Waals surface area contributed by atoms with E-state index in [0.717, 1.165) is 17.5 Å². The zero-order chi connectivity index (χ0) is 14.3. The minimum absolute atomic E-state index is 0.0419. The molecule has 0 aliphatic rings. The van der Waals surface area contributed by atoms with Gasteiger partial charge in [0.05, 0.1) is 0 Å². The maximum absolute atomic E-state index is 12.1. The standard InChI is InChI=1S/C17H18N2O/c1-4-19-15-8-6-5-7-13(15)14-11-12(9-10-16(14)19)17(20)18(2)3/h5-11H,4H2,1-3H3. The number of amides is 1. The molecule has 0 unspecified atom stereocenters. The highest BCUT2D eigenvalue weighted by atomic mass is 16.2. The van der Waals surface area contributed by atoms with Crippen LogP contribution in [-0.4, -0.2) is 29.5 Å². The average molecular weight is 266 g/mol. The Hall–Kier alpha value is -2.29. The van der Waals surface area contributed by atoms with E-state index in [-0.39, 0.29) is 5.91 Å². The van der Waals surface area contributed by atoms with E-state index in [1.54, 1.807) is 19.0 Å². The Morgan fingerprint density at radius 1 is 1.05 bits per heavy atom. The monoisotopic (exact) mass is 266 g/mol. The first-order chi connectivity index (χ1) is 9.63. The van der Waals surface area contributed by atoms with E-state index >= 15 is 0 Å². The van der Waals surface area contributed by atoms with Crippen LogP contribution in [0.4, 0.5) is 0 Å². The summed E-state index contributed by atoms with van der Waals surface area (Å²) in [6.45, 7) is 3.07. The third-order valence-corrected chi connectivity index (χ3v) is 3.74. The molecule has 0 atom stereocenters. The van der Waals surface area contributed by atoms with Gasteiger partial charge in [-0.1, -0.05) is 18.2 Å². The van der Waals surface area contributed by atoms with Crippen molar-refractivity contribution < 1.29 is 4.79 Å². The lowest BCUT2D eigenvalue weighted by molar-refractivity contribution is 0.0828. The van der Waals surface area contributed by atoms with Gasteiger partial charge in [-0.15, -0.1) is 0 Å². The van der Waals surface area contributed by atoms with Gasteiger partial charge in [0.25, 0.3) is 5.91 Å². The Balaban J connectivity index is 2.34. The Morgan fingerprint density at radius 2 is 1.75 bits per heavy atom. The molecule has 3 heteroatoms. The number of fused-ring (bicyclic) bond motifs is 3. The molecule has 0 bridgehead atoms. The summed E-state index contributed by atoms with van der Waals surface area (Å²) in [7, 11) is 3.56. The molecule has 0 fully saturated rings. The number of carbonyl (C=O) groups is 1. The number of para-hydroxylation sites is 1. The lowest BCUT2D eigenvalue weighted by Crippen LogP contribution is -2.21. The molecule has 0 saturated heterocycles. The molecular weight excluding hydrogens is 248 g/mol. The van der Waals surface area contributed by atoms with Gasteiger partial charge in [-0.25, -0.2) is 0 Å². The van der Waals surface area contributed by atoms with Crippen LogP contribution in [0.3, 0.4) is 0 Å². The van der Waals surface area contributed by atoms with Gasteiger partial charge in [-0.2, -0.15) is 0 Å². The third kappa shape index (κ3) is 1.78. The van der Waals surface area contributed by atoms with Crippen molar-refractivity contribution in [3.05, 3.63) is 48.0 Å². The lowest BCUT2D eigenvalue weighted by atomic mass is 10.1. The summed E-state index contributed by atoms with van der Waals surface area (Å²) in [5, 5.41) is 2.35. The second kappa shape index (κ2) is 4.67. The van der Waals surface area contributed by atoms with Crippen molar-refractivity contribution in [3.63, 3.8) is 0 Å². The normalized spacial score (nSPS) is 11.2. The zero-order valence-electron chi connectivity index (χ0n) is 12.1. The van der Waals surface area contributed by atoms with Crippen LogP contribution in [0.1, 0.15) is 17.3 Å². The maximum atomic E-state index is 12.1. The molecule has 1 aromatic heterocycles. The third-order valence-electron chi connectivity index (χ3n) is 3.74. The summed E-state index contributed by atoms with van der Waals surface area (Å²) in [4.78, 5) is 13.7. The first-order valence-corrected chi connectivity index (χ1v) is 6.86. The first-order valence-electron chi connectivity index (χ1n) is 6.86. The number of aromatic nitrogens is 1. The Labute approximate surface area is 118 Å². The van der Waals surface area contributed by atoms with Crippen molar-refractivity contribution in [2.24, 2.45) is 0 Å². The molecule has 1 amide bonds. The highest BCUT2D eigenvalue weighted by Gasteiger charge is 2.13. The molecular formula is C17H18N2O. The van der Waals surface area contributed by atoms with Crippen LogP contribution in [0, 0.1) is 0 Å². The van der Waals surface area contributed by atoms with Gasteiger partial charge in [0, 0.05) is 48.0 Å². The van der Waals surface area contributed by atoms with Crippen molar-refractivity contribution in [2.45, 2.75) is 13.5 Å². The largest absolute Gasteiger partial charge is 0.345 e. The maximum Gasteiger partial charge on any atom is 0.253 e. The minimum atomic E-state index is 0.0419. The predicted molar refractivity (Wildman–Crippen MR) is 83.1 cm³/mol. The van der Waals surface area contributed by atoms with Gasteiger partial charge in [0.2, 0.25) is 0 Å². The van der Waals surface area contributed by atoms with Crippen molar-refractivity contribution in [3.8, 4) is 0 Å². The van der Waals surface area contributed by atoms with Crippen molar-refractivity contribution in [2.75, 3.05) is 14.1 Å². The van der Waals surface area contributed by atoms with Gasteiger partial charge < -0.3 is 9.47 Å². The summed E-state index contributed by atoms with van der Waals surface area (Å²) in [5.41, 5.74) is 3.14. The van der Waals surface area contributed by atoms with Crippen molar-refractivity contribution in [1.82, 2.24) is 9.47 Å². The van der Waals surface area contributed by atoms with Crippen molar-refractivity contribution >= 4 is 27.7 Å². The van der Waals surface area contributed by atoms with Gasteiger partial charge in [0.1, 0.15) is 0 Å². The van der Waals surface area contributed by atoms with E-state index in [1.165, 1.54) is 16.4 Å². The van der Waals surface area contributed by atoms with Gasteiger partial charge in [-0.3, -0.25) is 4.79 Å². The Bertz CT molecular complexity index is 799. The molecule has 20 heavy (non-hydrogen) atoms. The highest BCUT2D eigenvalue weighted by Crippen LogP contribution is 2.29. The molecule has 3 aromatic rings. The molecule has 0 spiro atoms. The van der Waals surface area contributed by atoms with E-state index in [1.807, 2.05) is 18.2 Å². The summed E-state index contributed by atoms with van der Waals surface area (Å²) >= 11 is 0. The SMILES string of the molecule is CCn1c2ccccc2c2cc(C(=O)N(C)C)ccc21. The van der Waals surface area contributed by atoms with E-state index in [4.69, 9.17) is 0 Å². The summed E-state index contributed by atoms with van der Waals surface area (Å²) in [6, 6.07) is 14.3. The Kier molecular flexibility index (Phi) is 2.97. The fourth-order valence-corrected chi connectivity index (χ4v) is 2.79. The molecule has 2 aromatic carbocycles. The summed E-state index contributed by atoms with van der Waals surface area (Å²) in [6.07, 6.45) is 0. The summed E-state index contributed by atoms with van der Waals surface area (Å²) in [5.74, 6) is 0.0419. The topological polar surface area (TPSA) is 25.2 Å². The molecule has 0 aliphatic carbocycles. The number of carbonyl (C=O) groups excluding carboxylic acids is 1. The fourth-order valence-electron chi connectivity index (χ4n) is 2.79. The molecule has 0 N–H and O–H groups in total. The molecule has 0 aliphatic heterocycles. The van der Waals surface area contributed by atoms with Crippen LogP contribution in [0.25, 0.3) is 21.8 Å². The van der Waals surface area contributed by atoms with Gasteiger partial charge in [-0.05, 0) is 31.2 Å². The average Bonchev–Trinajstić information content (AvgIpc) is 2.79. The molecule has 102 valence electrons. The molecule has 0 saturated carbocycles. The quantitative estimate of drug-likeness (QED) is 0.696. The zero-order valence-corrected chi connectivity index (χ0v) is 12.1. The molecule has 3 nitrogen and oxygen atoms in total. The van der Waals surface area contributed by atoms with Crippen LogP contribution >= 0.6 is 0 Å². The van der Waals surface area contributed by atoms with Crippen LogP contribution in [0.2, 0.25) is 0 Å². The summed E-state index contributed by atoms with van der Waals surface area (Å²) < 4.78 is 2.29. The van der Waals surface area contributed by atoms with Crippen LogP contribution in [0.15, 0.2) is 42.5 Å². The predicted octanol–water partition coefficient (Wildman–Crippen LogP) is 3.52. The van der Waals surface area contributed by atoms with Crippen molar-refractivity contribution in [1.29, 1.82) is 0 Å².